The Hall–Kier alpha value is -1.62. The number of hydrogen-bond donors (Lipinski definition) is 2. The Labute approximate surface area is 101 Å². The molecule has 0 aliphatic carbocycles. The second-order valence-corrected chi connectivity index (χ2v) is 4.00. The van der Waals surface area contributed by atoms with Crippen LogP contribution in [0, 0.1) is 6.92 Å². The van der Waals surface area contributed by atoms with Crippen molar-refractivity contribution in [3.63, 3.8) is 0 Å². The molecule has 0 aromatic carbocycles. The molecule has 0 amide bonds. The minimum Gasteiger partial charge on any atom is -0.478 e. The number of ether oxygens (including phenoxy) is 1. The molecule has 1 aromatic heterocycles. The van der Waals surface area contributed by atoms with E-state index in [9.17, 15) is 4.79 Å². The first-order valence-electron chi connectivity index (χ1n) is 5.56. The van der Waals surface area contributed by atoms with Crippen LogP contribution in [0.2, 0.25) is 0 Å². The molecule has 5 nitrogen and oxygen atoms in total. The molecular weight excluding hydrogens is 220 g/mol. The van der Waals surface area contributed by atoms with Crippen LogP contribution in [-0.2, 0) is 4.74 Å². The van der Waals surface area contributed by atoms with Crippen molar-refractivity contribution in [2.45, 2.75) is 26.9 Å². The average molecular weight is 238 g/mol. The molecule has 0 aliphatic heterocycles. The van der Waals surface area contributed by atoms with Gasteiger partial charge in [0, 0.05) is 12.7 Å². The Kier molecular flexibility index (Phi) is 4.90. The molecule has 0 radical (unpaired) electrons. The third-order valence-corrected chi connectivity index (χ3v) is 2.22. The van der Waals surface area contributed by atoms with E-state index in [1.165, 1.54) is 0 Å². The number of aromatic carboxylic acids is 1. The zero-order valence-electron chi connectivity index (χ0n) is 10.4. The molecule has 5 heteroatoms. The monoisotopic (exact) mass is 238 g/mol. The maximum atomic E-state index is 11.1. The maximum Gasteiger partial charge on any atom is 0.339 e. The molecule has 0 fully saturated rings. The van der Waals surface area contributed by atoms with E-state index in [1.807, 2.05) is 13.8 Å². The molecule has 1 aromatic rings. The van der Waals surface area contributed by atoms with Gasteiger partial charge in [-0.2, -0.15) is 0 Å². The second-order valence-electron chi connectivity index (χ2n) is 4.00. The minimum absolute atomic E-state index is 0.168. The van der Waals surface area contributed by atoms with Gasteiger partial charge in [0.1, 0.15) is 11.4 Å². The number of pyridine rings is 1. The highest BCUT2D eigenvalue weighted by atomic mass is 16.5. The summed E-state index contributed by atoms with van der Waals surface area (Å²) < 4.78 is 5.36. The van der Waals surface area contributed by atoms with Crippen molar-refractivity contribution in [3.8, 4) is 0 Å². The highest BCUT2D eigenvalue weighted by Crippen LogP contribution is 2.16. The number of nitrogens with zero attached hydrogens (tertiary/aromatic N) is 1. The lowest BCUT2D eigenvalue weighted by atomic mass is 10.1. The number of nitrogens with one attached hydrogen (secondary N) is 1. The van der Waals surface area contributed by atoms with Gasteiger partial charge in [0.15, 0.2) is 0 Å². The third-order valence-electron chi connectivity index (χ3n) is 2.22. The van der Waals surface area contributed by atoms with Crippen LogP contribution in [0.1, 0.15) is 29.8 Å². The van der Waals surface area contributed by atoms with Crippen LogP contribution in [0.5, 0.6) is 0 Å². The first-order valence-corrected chi connectivity index (χ1v) is 5.56. The summed E-state index contributed by atoms with van der Waals surface area (Å²) in [5.41, 5.74) is 0.914. The van der Waals surface area contributed by atoms with E-state index in [1.54, 1.807) is 19.2 Å². The zero-order chi connectivity index (χ0) is 12.8. The normalized spacial score (nSPS) is 10.6. The molecular formula is C12H18N2O3. The number of anilines is 1. The van der Waals surface area contributed by atoms with E-state index in [2.05, 4.69) is 10.3 Å². The number of aryl methyl sites for hydroxylation is 1. The number of rotatable bonds is 6. The number of carboxylic acid groups (broad SMARTS) is 1. The van der Waals surface area contributed by atoms with E-state index in [-0.39, 0.29) is 11.7 Å². The van der Waals surface area contributed by atoms with Gasteiger partial charge in [-0.1, -0.05) is 0 Å². The first-order chi connectivity index (χ1) is 8.02. The maximum absolute atomic E-state index is 11.1. The lowest BCUT2D eigenvalue weighted by molar-refractivity contribution is 0.0696. The van der Waals surface area contributed by atoms with Gasteiger partial charge in [-0.25, -0.2) is 9.78 Å². The summed E-state index contributed by atoms with van der Waals surface area (Å²) in [7, 11) is 0. The quantitative estimate of drug-likeness (QED) is 0.741. The van der Waals surface area contributed by atoms with Gasteiger partial charge in [0.05, 0.1) is 12.7 Å². The second kappa shape index (κ2) is 6.20. The van der Waals surface area contributed by atoms with E-state index in [0.29, 0.717) is 24.5 Å². The van der Waals surface area contributed by atoms with Crippen LogP contribution in [0.4, 0.5) is 5.82 Å². The fourth-order valence-electron chi connectivity index (χ4n) is 1.43. The molecule has 0 saturated carbocycles. The summed E-state index contributed by atoms with van der Waals surface area (Å²) in [5, 5.41) is 12.1. The minimum atomic E-state index is -0.970. The van der Waals surface area contributed by atoms with Crippen molar-refractivity contribution in [2.75, 3.05) is 18.5 Å². The highest BCUT2D eigenvalue weighted by molar-refractivity contribution is 5.94. The Bertz CT molecular complexity index is 391. The number of carboxylic acids is 1. The summed E-state index contributed by atoms with van der Waals surface area (Å²) >= 11 is 0. The van der Waals surface area contributed by atoms with E-state index in [0.717, 1.165) is 0 Å². The standard InChI is InChI=1S/C12H18N2O3/c1-8(2)17-7-6-14-11-10(12(15)16)9(3)4-5-13-11/h4-5,8H,6-7H2,1-3H3,(H,13,14)(H,15,16). The van der Waals surface area contributed by atoms with Gasteiger partial charge in [-0.05, 0) is 32.4 Å². The van der Waals surface area contributed by atoms with Crippen LogP contribution in [0.3, 0.4) is 0 Å². The van der Waals surface area contributed by atoms with Crippen molar-refractivity contribution in [3.05, 3.63) is 23.4 Å². The summed E-state index contributed by atoms with van der Waals surface area (Å²) in [6.07, 6.45) is 1.76. The topological polar surface area (TPSA) is 71.5 Å². The smallest absolute Gasteiger partial charge is 0.339 e. The Morgan fingerprint density at radius 1 is 1.59 bits per heavy atom. The zero-order valence-corrected chi connectivity index (χ0v) is 10.4. The fourth-order valence-corrected chi connectivity index (χ4v) is 1.43. The molecule has 1 heterocycles. The summed E-state index contributed by atoms with van der Waals surface area (Å²) in [6.45, 7) is 6.71. The molecule has 94 valence electrons. The lowest BCUT2D eigenvalue weighted by Crippen LogP contribution is -2.16. The van der Waals surface area contributed by atoms with Crippen LogP contribution in [0.25, 0.3) is 0 Å². The molecule has 17 heavy (non-hydrogen) atoms. The van der Waals surface area contributed by atoms with Gasteiger partial charge in [0.2, 0.25) is 0 Å². The largest absolute Gasteiger partial charge is 0.478 e. The van der Waals surface area contributed by atoms with Crippen molar-refractivity contribution in [1.82, 2.24) is 4.98 Å². The highest BCUT2D eigenvalue weighted by Gasteiger charge is 2.13. The predicted molar refractivity (Wildman–Crippen MR) is 65.5 cm³/mol. The van der Waals surface area contributed by atoms with Crippen LogP contribution in [-0.4, -0.2) is 35.3 Å². The van der Waals surface area contributed by atoms with Crippen LogP contribution >= 0.6 is 0 Å². The average Bonchev–Trinajstić information content (AvgIpc) is 2.23. The number of hydrogen-bond acceptors (Lipinski definition) is 4. The fraction of sp³-hybridized carbons (Fsp3) is 0.500. The summed E-state index contributed by atoms with van der Waals surface area (Å²) in [4.78, 5) is 15.1. The Balaban J connectivity index is 2.64. The molecule has 0 bridgehead atoms. The first kappa shape index (κ1) is 13.4. The molecule has 0 saturated heterocycles. The van der Waals surface area contributed by atoms with Gasteiger partial charge < -0.3 is 15.2 Å². The SMILES string of the molecule is Cc1ccnc(NCCOC(C)C)c1C(=O)O. The molecule has 0 atom stereocenters. The van der Waals surface area contributed by atoms with Crippen molar-refractivity contribution in [2.24, 2.45) is 0 Å². The third kappa shape index (κ3) is 4.03. The number of carbonyl (C=O) groups is 1. The van der Waals surface area contributed by atoms with Crippen molar-refractivity contribution in [1.29, 1.82) is 0 Å². The van der Waals surface area contributed by atoms with Crippen molar-refractivity contribution >= 4 is 11.8 Å². The van der Waals surface area contributed by atoms with E-state index >= 15 is 0 Å². The molecule has 0 aliphatic rings. The molecule has 0 spiro atoms. The number of aromatic nitrogens is 1. The van der Waals surface area contributed by atoms with Gasteiger partial charge >= 0.3 is 5.97 Å². The Morgan fingerprint density at radius 3 is 2.88 bits per heavy atom. The van der Waals surface area contributed by atoms with Crippen molar-refractivity contribution < 1.29 is 14.6 Å². The Morgan fingerprint density at radius 2 is 2.29 bits per heavy atom. The van der Waals surface area contributed by atoms with Crippen LogP contribution < -0.4 is 5.32 Å². The van der Waals surface area contributed by atoms with E-state index in [4.69, 9.17) is 9.84 Å². The van der Waals surface area contributed by atoms with Gasteiger partial charge in [0.25, 0.3) is 0 Å². The van der Waals surface area contributed by atoms with E-state index < -0.39 is 5.97 Å². The van der Waals surface area contributed by atoms with Crippen LogP contribution in [0.15, 0.2) is 12.3 Å². The van der Waals surface area contributed by atoms with Gasteiger partial charge in [-0.3, -0.25) is 0 Å². The molecule has 2 N–H and O–H groups in total. The van der Waals surface area contributed by atoms with Gasteiger partial charge in [-0.15, -0.1) is 0 Å². The lowest BCUT2D eigenvalue weighted by Gasteiger charge is -2.11. The predicted octanol–water partition coefficient (Wildman–Crippen LogP) is 1.93. The molecule has 0 unspecified atom stereocenters. The summed E-state index contributed by atoms with van der Waals surface area (Å²) in [6, 6.07) is 1.68. The summed E-state index contributed by atoms with van der Waals surface area (Å²) in [5.74, 6) is -0.576. The molecule has 1 rings (SSSR count).